The second-order valence-corrected chi connectivity index (χ2v) is 5.44. The summed E-state index contributed by atoms with van der Waals surface area (Å²) < 4.78 is 10.4. The van der Waals surface area contributed by atoms with E-state index in [2.05, 4.69) is 15.5 Å². The Kier molecular flexibility index (Phi) is 5.09. The van der Waals surface area contributed by atoms with E-state index < -0.39 is 10.8 Å². The van der Waals surface area contributed by atoms with Gasteiger partial charge in [0.1, 0.15) is 10.8 Å². The minimum atomic E-state index is -0.626. The van der Waals surface area contributed by atoms with Crippen LogP contribution in [0.1, 0.15) is 0 Å². The first kappa shape index (κ1) is 17.4. The van der Waals surface area contributed by atoms with E-state index in [9.17, 15) is 14.9 Å². The van der Waals surface area contributed by atoms with Crippen molar-refractivity contribution in [2.24, 2.45) is 0 Å². The van der Waals surface area contributed by atoms with Crippen LogP contribution in [0.25, 0.3) is 11.5 Å². The monoisotopic (exact) mass is 374 g/mol. The van der Waals surface area contributed by atoms with Gasteiger partial charge in [-0.1, -0.05) is 11.6 Å². The maximum absolute atomic E-state index is 11.9. The molecule has 2 aromatic carbocycles. The molecule has 0 fully saturated rings. The second-order valence-electron chi connectivity index (χ2n) is 5.03. The van der Waals surface area contributed by atoms with Crippen LogP contribution >= 0.6 is 11.6 Å². The summed E-state index contributed by atoms with van der Waals surface area (Å²) in [6, 6.07) is 10.7. The number of carbonyl (C=O) groups is 1. The van der Waals surface area contributed by atoms with Crippen LogP contribution in [0, 0.1) is 10.1 Å². The van der Waals surface area contributed by atoms with Gasteiger partial charge in [0.2, 0.25) is 12.3 Å². The number of aromatic nitrogens is 2. The lowest BCUT2D eigenvalue weighted by Crippen LogP contribution is -2.20. The summed E-state index contributed by atoms with van der Waals surface area (Å²) in [7, 11) is 0. The van der Waals surface area contributed by atoms with Crippen LogP contribution in [0.15, 0.2) is 53.3 Å². The van der Waals surface area contributed by atoms with E-state index in [1.54, 1.807) is 24.3 Å². The van der Waals surface area contributed by atoms with Crippen molar-refractivity contribution in [3.8, 4) is 17.2 Å². The first-order valence-corrected chi connectivity index (χ1v) is 7.64. The molecule has 0 aliphatic heterocycles. The van der Waals surface area contributed by atoms with Gasteiger partial charge in [-0.25, -0.2) is 0 Å². The zero-order chi connectivity index (χ0) is 18.5. The Balaban J connectivity index is 1.57. The topological polar surface area (TPSA) is 120 Å². The summed E-state index contributed by atoms with van der Waals surface area (Å²) in [6.45, 7) is -0.268. The van der Waals surface area contributed by atoms with Crippen LogP contribution in [-0.4, -0.2) is 27.6 Å². The Labute approximate surface area is 151 Å². The van der Waals surface area contributed by atoms with Crippen molar-refractivity contribution in [2.75, 3.05) is 11.9 Å². The molecule has 0 unspecified atom stereocenters. The van der Waals surface area contributed by atoms with Crippen molar-refractivity contribution in [3.63, 3.8) is 0 Å². The number of ether oxygens (including phenoxy) is 1. The average Bonchev–Trinajstić information content (AvgIpc) is 3.16. The lowest BCUT2D eigenvalue weighted by Gasteiger charge is -2.08. The van der Waals surface area contributed by atoms with Gasteiger partial charge in [-0.2, -0.15) is 0 Å². The van der Waals surface area contributed by atoms with E-state index in [-0.39, 0.29) is 23.0 Å². The van der Waals surface area contributed by atoms with Crippen molar-refractivity contribution in [1.29, 1.82) is 0 Å². The van der Waals surface area contributed by atoms with E-state index in [1.807, 2.05) is 0 Å². The molecule has 0 spiro atoms. The highest BCUT2D eigenvalue weighted by molar-refractivity contribution is 6.32. The van der Waals surface area contributed by atoms with Crippen molar-refractivity contribution in [1.82, 2.24) is 10.2 Å². The molecule has 1 aromatic heterocycles. The highest BCUT2D eigenvalue weighted by Crippen LogP contribution is 2.27. The Bertz CT molecular complexity index is 928. The number of benzene rings is 2. The van der Waals surface area contributed by atoms with Crippen LogP contribution in [0.3, 0.4) is 0 Å². The summed E-state index contributed by atoms with van der Waals surface area (Å²) in [6.07, 6.45) is 1.23. The third-order valence-corrected chi connectivity index (χ3v) is 3.58. The largest absolute Gasteiger partial charge is 0.484 e. The Morgan fingerprint density at radius 3 is 2.69 bits per heavy atom. The molecule has 0 aliphatic carbocycles. The number of amides is 1. The molecule has 1 heterocycles. The van der Waals surface area contributed by atoms with Crippen molar-refractivity contribution in [2.45, 2.75) is 0 Å². The number of anilines is 1. The lowest BCUT2D eigenvalue weighted by atomic mass is 10.2. The SMILES string of the molecule is O=C(COc1ccc(-c2nnco2)cc1)Nc1ccc(Cl)c([N+](=O)[O-])c1. The molecule has 0 saturated carbocycles. The highest BCUT2D eigenvalue weighted by atomic mass is 35.5. The summed E-state index contributed by atoms with van der Waals surface area (Å²) in [5, 5.41) is 20.7. The number of carbonyl (C=O) groups excluding carboxylic acids is 1. The average molecular weight is 375 g/mol. The van der Waals surface area contributed by atoms with Gasteiger partial charge in [-0.15, -0.1) is 10.2 Å². The number of nitrogens with one attached hydrogen (secondary N) is 1. The van der Waals surface area contributed by atoms with Gasteiger partial charge in [0.25, 0.3) is 11.6 Å². The van der Waals surface area contributed by atoms with E-state index in [0.717, 1.165) is 0 Å². The Morgan fingerprint density at radius 2 is 2.04 bits per heavy atom. The fraction of sp³-hybridized carbons (Fsp3) is 0.0625. The molecule has 0 atom stereocenters. The number of nitro benzene ring substituents is 1. The van der Waals surface area contributed by atoms with Gasteiger partial charge in [-0.05, 0) is 36.4 Å². The zero-order valence-corrected chi connectivity index (χ0v) is 13.8. The zero-order valence-electron chi connectivity index (χ0n) is 13.1. The number of halogens is 1. The number of hydrogen-bond donors (Lipinski definition) is 1. The van der Waals surface area contributed by atoms with Gasteiger partial charge < -0.3 is 14.5 Å². The van der Waals surface area contributed by atoms with Crippen LogP contribution in [-0.2, 0) is 4.79 Å². The Morgan fingerprint density at radius 1 is 1.27 bits per heavy atom. The van der Waals surface area contributed by atoms with Crippen LogP contribution in [0.2, 0.25) is 5.02 Å². The highest BCUT2D eigenvalue weighted by Gasteiger charge is 2.14. The van der Waals surface area contributed by atoms with E-state index in [4.69, 9.17) is 20.8 Å². The van der Waals surface area contributed by atoms with E-state index in [0.29, 0.717) is 17.2 Å². The summed E-state index contributed by atoms with van der Waals surface area (Å²) in [4.78, 5) is 22.2. The summed E-state index contributed by atoms with van der Waals surface area (Å²) in [5.41, 5.74) is 0.677. The number of nitrogens with zero attached hydrogens (tertiary/aromatic N) is 3. The van der Waals surface area contributed by atoms with Crippen molar-refractivity contribution in [3.05, 3.63) is 64.0 Å². The van der Waals surface area contributed by atoms with Crippen LogP contribution in [0.5, 0.6) is 5.75 Å². The smallest absolute Gasteiger partial charge is 0.289 e. The molecule has 132 valence electrons. The predicted octanol–water partition coefficient (Wildman–Crippen LogP) is 3.32. The summed E-state index contributed by atoms with van der Waals surface area (Å²) in [5.74, 6) is 0.367. The third kappa shape index (κ3) is 4.14. The molecular weight excluding hydrogens is 364 g/mol. The van der Waals surface area contributed by atoms with Gasteiger partial charge in [-0.3, -0.25) is 14.9 Å². The maximum Gasteiger partial charge on any atom is 0.289 e. The first-order valence-electron chi connectivity index (χ1n) is 7.26. The molecule has 26 heavy (non-hydrogen) atoms. The molecule has 0 radical (unpaired) electrons. The summed E-state index contributed by atoms with van der Waals surface area (Å²) >= 11 is 5.72. The molecule has 0 bridgehead atoms. The standard InChI is InChI=1S/C16H11ClN4O5/c17-13-6-3-11(7-14(13)21(23)24)19-15(22)8-25-12-4-1-10(2-5-12)16-20-18-9-26-16/h1-7,9H,8H2,(H,19,22). The van der Waals surface area contributed by atoms with Gasteiger partial charge in [0, 0.05) is 17.3 Å². The molecule has 10 heteroatoms. The number of hydrogen-bond acceptors (Lipinski definition) is 7. The lowest BCUT2D eigenvalue weighted by molar-refractivity contribution is -0.384. The van der Waals surface area contributed by atoms with Crippen molar-refractivity contribution >= 4 is 28.9 Å². The molecular formula is C16H11ClN4O5. The fourth-order valence-corrected chi connectivity index (χ4v) is 2.26. The molecule has 1 amide bonds. The van der Waals surface area contributed by atoms with Crippen molar-refractivity contribution < 1.29 is 18.9 Å². The third-order valence-electron chi connectivity index (χ3n) is 3.26. The number of nitro groups is 1. The van der Waals surface area contributed by atoms with Crippen LogP contribution in [0.4, 0.5) is 11.4 Å². The Hall–Kier alpha value is -3.46. The quantitative estimate of drug-likeness (QED) is 0.519. The number of rotatable bonds is 6. The molecule has 3 rings (SSSR count). The van der Waals surface area contributed by atoms with Gasteiger partial charge >= 0.3 is 0 Å². The second kappa shape index (κ2) is 7.62. The van der Waals surface area contributed by atoms with E-state index in [1.165, 1.54) is 24.6 Å². The minimum absolute atomic E-state index is 0.00872. The van der Waals surface area contributed by atoms with Gasteiger partial charge in [0.15, 0.2) is 6.61 Å². The molecule has 3 aromatic rings. The molecule has 0 aliphatic rings. The minimum Gasteiger partial charge on any atom is -0.484 e. The molecule has 1 N–H and O–H groups in total. The normalized spacial score (nSPS) is 10.3. The predicted molar refractivity (Wildman–Crippen MR) is 92.0 cm³/mol. The first-order chi connectivity index (χ1) is 12.5. The fourth-order valence-electron chi connectivity index (χ4n) is 2.07. The molecule has 0 saturated heterocycles. The molecule has 9 nitrogen and oxygen atoms in total. The van der Waals surface area contributed by atoms with E-state index >= 15 is 0 Å². The maximum atomic E-state index is 11.9. The van der Waals surface area contributed by atoms with Gasteiger partial charge in [0.05, 0.1) is 4.92 Å². The van der Waals surface area contributed by atoms with Crippen LogP contribution < -0.4 is 10.1 Å².